The molecule has 0 fully saturated rings. The van der Waals surface area contributed by atoms with Gasteiger partial charge in [-0.25, -0.2) is 0 Å². The summed E-state index contributed by atoms with van der Waals surface area (Å²) in [5.41, 5.74) is 3.19. The van der Waals surface area contributed by atoms with Gasteiger partial charge in [0.15, 0.2) is 0 Å². The van der Waals surface area contributed by atoms with Crippen molar-refractivity contribution in [3.05, 3.63) is 54.2 Å². The fourth-order valence-electron chi connectivity index (χ4n) is 1.53. The molecule has 2 nitrogen and oxygen atoms in total. The third kappa shape index (κ3) is 2.42. The maximum absolute atomic E-state index is 8.86. The summed E-state index contributed by atoms with van der Waals surface area (Å²) in [6, 6.07) is 14.0. The van der Waals surface area contributed by atoms with Gasteiger partial charge >= 0.3 is 0 Å². The summed E-state index contributed by atoms with van der Waals surface area (Å²) >= 11 is 0. The second-order valence-electron chi connectivity index (χ2n) is 3.39. The molecule has 0 radical (unpaired) electrons. The van der Waals surface area contributed by atoms with E-state index >= 15 is 0 Å². The van der Waals surface area contributed by atoms with Crippen molar-refractivity contribution >= 4 is 0 Å². The molecule has 0 bridgehead atoms. The van der Waals surface area contributed by atoms with Gasteiger partial charge in [-0.2, -0.15) is 0 Å². The number of pyridine rings is 1. The van der Waals surface area contributed by atoms with Gasteiger partial charge in [-0.15, -0.1) is 0 Å². The summed E-state index contributed by atoms with van der Waals surface area (Å²) in [5.74, 6) is 0. The van der Waals surface area contributed by atoms with E-state index < -0.39 is 0 Å². The van der Waals surface area contributed by atoms with Crippen molar-refractivity contribution in [1.29, 1.82) is 0 Å². The molecule has 0 saturated heterocycles. The van der Waals surface area contributed by atoms with Gasteiger partial charge in [0.05, 0.1) is 5.69 Å². The van der Waals surface area contributed by atoms with Crippen LogP contribution in [0.4, 0.5) is 0 Å². The summed E-state index contributed by atoms with van der Waals surface area (Å²) in [7, 11) is 0. The van der Waals surface area contributed by atoms with Crippen molar-refractivity contribution < 1.29 is 5.11 Å². The van der Waals surface area contributed by atoms with Crippen LogP contribution in [-0.4, -0.2) is 16.7 Å². The van der Waals surface area contributed by atoms with Crippen molar-refractivity contribution in [1.82, 2.24) is 4.98 Å². The fourth-order valence-corrected chi connectivity index (χ4v) is 1.53. The number of rotatable bonds is 3. The first-order valence-corrected chi connectivity index (χ1v) is 5.01. The lowest BCUT2D eigenvalue weighted by Gasteiger charge is -2.03. The van der Waals surface area contributed by atoms with E-state index in [1.165, 1.54) is 0 Å². The van der Waals surface area contributed by atoms with E-state index in [1.807, 2.05) is 42.5 Å². The molecule has 0 aliphatic heterocycles. The highest BCUT2D eigenvalue weighted by atomic mass is 16.2. The molecule has 0 spiro atoms. The quantitative estimate of drug-likeness (QED) is 0.822. The number of aliphatic hydroxyl groups is 1. The molecule has 15 heavy (non-hydrogen) atoms. The van der Waals surface area contributed by atoms with Crippen molar-refractivity contribution in [3.63, 3.8) is 0 Å². The Balaban J connectivity index is 2.33. The molecule has 0 aliphatic rings. The molecule has 0 aliphatic carbocycles. The average molecular weight is 199 g/mol. The molecule has 1 heterocycles. The SMILES string of the molecule is OCCc1ccnc(-c2ccccc2)c1. The summed E-state index contributed by atoms with van der Waals surface area (Å²) in [5, 5.41) is 8.86. The Hall–Kier alpha value is -1.67. The molecule has 2 rings (SSSR count). The highest BCUT2D eigenvalue weighted by molar-refractivity contribution is 5.59. The summed E-state index contributed by atoms with van der Waals surface area (Å²) < 4.78 is 0. The second-order valence-corrected chi connectivity index (χ2v) is 3.39. The van der Waals surface area contributed by atoms with Crippen molar-refractivity contribution in [2.24, 2.45) is 0 Å². The number of hydrogen-bond acceptors (Lipinski definition) is 2. The topological polar surface area (TPSA) is 33.1 Å². The van der Waals surface area contributed by atoms with Crippen LogP contribution in [0.1, 0.15) is 5.56 Å². The molecule has 2 heteroatoms. The van der Waals surface area contributed by atoms with Gasteiger partial charge in [-0.3, -0.25) is 4.98 Å². The van der Waals surface area contributed by atoms with E-state index in [4.69, 9.17) is 5.11 Å². The van der Waals surface area contributed by atoms with Crippen molar-refractivity contribution in [3.8, 4) is 11.3 Å². The molecule has 0 atom stereocenters. The van der Waals surface area contributed by atoms with Crippen LogP contribution in [0.3, 0.4) is 0 Å². The zero-order valence-electron chi connectivity index (χ0n) is 8.43. The number of aliphatic hydroxyl groups excluding tert-OH is 1. The minimum Gasteiger partial charge on any atom is -0.396 e. The third-order valence-corrected chi connectivity index (χ3v) is 2.29. The average Bonchev–Trinajstić information content (AvgIpc) is 2.31. The van der Waals surface area contributed by atoms with Gasteiger partial charge in [-0.1, -0.05) is 30.3 Å². The lowest BCUT2D eigenvalue weighted by Crippen LogP contribution is -1.92. The Kier molecular flexibility index (Phi) is 3.10. The van der Waals surface area contributed by atoms with Crippen LogP contribution in [0.2, 0.25) is 0 Å². The maximum Gasteiger partial charge on any atom is 0.0704 e. The molecular formula is C13H13NO. The van der Waals surface area contributed by atoms with E-state index in [-0.39, 0.29) is 6.61 Å². The normalized spacial score (nSPS) is 10.2. The molecule has 76 valence electrons. The molecule has 1 N–H and O–H groups in total. The number of nitrogens with zero attached hydrogens (tertiary/aromatic N) is 1. The lowest BCUT2D eigenvalue weighted by atomic mass is 10.1. The minimum absolute atomic E-state index is 0.179. The van der Waals surface area contributed by atoms with Crippen LogP contribution in [0, 0.1) is 0 Å². The summed E-state index contributed by atoms with van der Waals surface area (Å²) in [4.78, 5) is 4.31. The fraction of sp³-hybridized carbons (Fsp3) is 0.154. The standard InChI is InChI=1S/C13H13NO/c15-9-7-11-6-8-14-13(10-11)12-4-2-1-3-5-12/h1-6,8,10,15H,7,9H2. The van der Waals surface area contributed by atoms with E-state index in [2.05, 4.69) is 4.98 Å². The van der Waals surface area contributed by atoms with Crippen molar-refractivity contribution in [2.45, 2.75) is 6.42 Å². The van der Waals surface area contributed by atoms with E-state index in [1.54, 1.807) is 6.20 Å². The molecule has 0 saturated carbocycles. The first-order chi connectivity index (χ1) is 7.40. The van der Waals surface area contributed by atoms with E-state index in [0.29, 0.717) is 6.42 Å². The Morgan fingerprint density at radius 3 is 2.60 bits per heavy atom. The zero-order chi connectivity index (χ0) is 10.5. The smallest absolute Gasteiger partial charge is 0.0704 e. The van der Waals surface area contributed by atoms with Crippen LogP contribution >= 0.6 is 0 Å². The second kappa shape index (κ2) is 4.71. The van der Waals surface area contributed by atoms with Gasteiger partial charge in [0.25, 0.3) is 0 Å². The van der Waals surface area contributed by atoms with Crippen LogP contribution in [-0.2, 0) is 6.42 Å². The highest BCUT2D eigenvalue weighted by Crippen LogP contribution is 2.17. The number of aromatic nitrogens is 1. The van der Waals surface area contributed by atoms with E-state index in [0.717, 1.165) is 16.8 Å². The Labute approximate surface area is 89.2 Å². The van der Waals surface area contributed by atoms with E-state index in [9.17, 15) is 0 Å². The van der Waals surface area contributed by atoms with Crippen LogP contribution in [0.25, 0.3) is 11.3 Å². The predicted molar refractivity (Wildman–Crippen MR) is 60.5 cm³/mol. The molecule has 0 amide bonds. The summed E-state index contributed by atoms with van der Waals surface area (Å²) in [6.45, 7) is 0.179. The minimum atomic E-state index is 0.179. The third-order valence-electron chi connectivity index (χ3n) is 2.29. The first-order valence-electron chi connectivity index (χ1n) is 5.01. The van der Waals surface area contributed by atoms with Crippen LogP contribution in [0.15, 0.2) is 48.7 Å². The van der Waals surface area contributed by atoms with Gasteiger partial charge in [0.1, 0.15) is 0 Å². The van der Waals surface area contributed by atoms with Gasteiger partial charge in [0, 0.05) is 18.4 Å². The molecule has 1 aromatic heterocycles. The van der Waals surface area contributed by atoms with Gasteiger partial charge < -0.3 is 5.11 Å². The summed E-state index contributed by atoms with van der Waals surface area (Å²) in [6.07, 6.45) is 2.47. The lowest BCUT2D eigenvalue weighted by molar-refractivity contribution is 0.299. The molecule has 2 aromatic rings. The van der Waals surface area contributed by atoms with Gasteiger partial charge in [-0.05, 0) is 24.1 Å². The monoisotopic (exact) mass is 199 g/mol. The molecular weight excluding hydrogens is 186 g/mol. The van der Waals surface area contributed by atoms with Crippen LogP contribution in [0.5, 0.6) is 0 Å². The number of hydrogen-bond donors (Lipinski definition) is 1. The van der Waals surface area contributed by atoms with Gasteiger partial charge in [0.2, 0.25) is 0 Å². The maximum atomic E-state index is 8.86. The highest BCUT2D eigenvalue weighted by Gasteiger charge is 1.99. The molecule has 1 aromatic carbocycles. The largest absolute Gasteiger partial charge is 0.396 e. The Morgan fingerprint density at radius 1 is 1.07 bits per heavy atom. The molecule has 0 unspecified atom stereocenters. The Morgan fingerprint density at radius 2 is 1.87 bits per heavy atom. The Bertz CT molecular complexity index is 426. The zero-order valence-corrected chi connectivity index (χ0v) is 8.43. The van der Waals surface area contributed by atoms with Crippen LogP contribution < -0.4 is 0 Å². The number of benzene rings is 1. The van der Waals surface area contributed by atoms with Crippen molar-refractivity contribution in [2.75, 3.05) is 6.61 Å². The first kappa shape index (κ1) is 9.87. The predicted octanol–water partition coefficient (Wildman–Crippen LogP) is 2.28.